The van der Waals surface area contributed by atoms with Gasteiger partial charge in [-0.3, -0.25) is 18.9 Å². The molecule has 1 N–H and O–H groups in total. The van der Waals surface area contributed by atoms with Crippen molar-refractivity contribution in [3.05, 3.63) is 65.1 Å². The summed E-state index contributed by atoms with van der Waals surface area (Å²) in [7, 11) is 3.07. The first-order valence-electron chi connectivity index (χ1n) is 12.2. The van der Waals surface area contributed by atoms with E-state index in [9.17, 15) is 14.7 Å². The number of aliphatic hydroxyl groups excluding tert-OH is 1. The van der Waals surface area contributed by atoms with Gasteiger partial charge in [0.05, 0.1) is 44.7 Å². The molecule has 10 heteroatoms. The van der Waals surface area contributed by atoms with Crippen molar-refractivity contribution in [2.45, 2.75) is 13.0 Å². The van der Waals surface area contributed by atoms with Gasteiger partial charge in [0.2, 0.25) is 0 Å². The zero-order chi connectivity index (χ0) is 26.1. The molecule has 0 spiro atoms. The van der Waals surface area contributed by atoms with E-state index in [0.717, 1.165) is 13.1 Å². The fourth-order valence-corrected chi connectivity index (χ4v) is 5.09. The second-order valence-corrected chi connectivity index (χ2v) is 9.03. The Morgan fingerprint density at radius 3 is 2.62 bits per heavy atom. The van der Waals surface area contributed by atoms with Crippen molar-refractivity contribution in [3.63, 3.8) is 0 Å². The van der Waals surface area contributed by atoms with Crippen molar-refractivity contribution in [2.24, 2.45) is 0 Å². The van der Waals surface area contributed by atoms with Crippen LogP contribution in [0.2, 0.25) is 0 Å². The van der Waals surface area contributed by atoms with E-state index >= 15 is 0 Å². The van der Waals surface area contributed by atoms with Crippen LogP contribution in [-0.2, 0) is 14.3 Å². The fraction of sp³-hybridized carbons (Fsp3) is 0.370. The molecule has 2 saturated heterocycles. The number of hydrogen-bond acceptors (Lipinski definition) is 8. The molecule has 3 aromatic rings. The molecule has 194 valence electrons. The molecular weight excluding hydrogens is 476 g/mol. The number of imidazole rings is 1. The second kappa shape index (κ2) is 10.2. The highest BCUT2D eigenvalue weighted by atomic mass is 16.5. The quantitative estimate of drug-likeness (QED) is 0.296. The number of aromatic nitrogens is 2. The van der Waals surface area contributed by atoms with E-state index in [-0.39, 0.29) is 11.3 Å². The lowest BCUT2D eigenvalue weighted by Crippen LogP contribution is -2.42. The Morgan fingerprint density at radius 1 is 1.11 bits per heavy atom. The maximum atomic E-state index is 13.5. The summed E-state index contributed by atoms with van der Waals surface area (Å²) in [4.78, 5) is 35.2. The minimum atomic E-state index is -0.875. The summed E-state index contributed by atoms with van der Waals surface area (Å²) in [5.74, 6) is -0.681. The van der Waals surface area contributed by atoms with E-state index in [4.69, 9.17) is 14.2 Å². The second-order valence-electron chi connectivity index (χ2n) is 9.03. The topological polar surface area (TPSA) is 106 Å². The largest absolute Gasteiger partial charge is 0.505 e. The van der Waals surface area contributed by atoms with Crippen LogP contribution in [0.5, 0.6) is 11.5 Å². The molecule has 0 unspecified atom stereocenters. The van der Waals surface area contributed by atoms with Crippen molar-refractivity contribution < 1.29 is 28.9 Å². The molecule has 10 nitrogen and oxygen atoms in total. The van der Waals surface area contributed by atoms with E-state index in [0.29, 0.717) is 60.4 Å². The van der Waals surface area contributed by atoms with Crippen LogP contribution >= 0.6 is 0 Å². The maximum absolute atomic E-state index is 13.5. The van der Waals surface area contributed by atoms with Gasteiger partial charge in [0.15, 0.2) is 5.76 Å². The smallest absolute Gasteiger partial charge is 0.295 e. The molecule has 0 saturated carbocycles. The third-order valence-electron chi connectivity index (χ3n) is 6.96. The van der Waals surface area contributed by atoms with Crippen LogP contribution < -0.4 is 9.47 Å². The van der Waals surface area contributed by atoms with Gasteiger partial charge in [-0.05, 0) is 37.3 Å². The highest BCUT2D eigenvalue weighted by Gasteiger charge is 2.47. The summed E-state index contributed by atoms with van der Waals surface area (Å²) >= 11 is 0. The molecule has 2 aliphatic rings. The van der Waals surface area contributed by atoms with E-state index in [1.54, 1.807) is 42.8 Å². The number of amides is 1. The predicted octanol–water partition coefficient (Wildman–Crippen LogP) is 2.41. The van der Waals surface area contributed by atoms with Crippen LogP contribution in [0, 0.1) is 6.92 Å². The van der Waals surface area contributed by atoms with Crippen molar-refractivity contribution in [3.8, 4) is 11.5 Å². The molecular formula is C27H30N4O6. The number of likely N-dealkylation sites (tertiary alicyclic amines) is 1. The van der Waals surface area contributed by atoms with Gasteiger partial charge in [0.1, 0.15) is 22.8 Å². The molecule has 1 aromatic carbocycles. The minimum Gasteiger partial charge on any atom is -0.505 e. The summed E-state index contributed by atoms with van der Waals surface area (Å²) in [6.07, 6.45) is 1.76. The summed E-state index contributed by atoms with van der Waals surface area (Å²) in [5.41, 5.74) is 2.08. The molecule has 0 aliphatic carbocycles. The number of fused-ring (bicyclic) bond motifs is 1. The van der Waals surface area contributed by atoms with Gasteiger partial charge >= 0.3 is 0 Å². The van der Waals surface area contributed by atoms with Crippen LogP contribution in [-0.4, -0.2) is 89.6 Å². The average Bonchev–Trinajstić information content (AvgIpc) is 3.39. The number of Topliss-reactive ketones (excluding diaryl/α,β-unsaturated/α-hetero) is 1. The number of aryl methyl sites for hydroxylation is 1. The number of carbonyl (C=O) groups is 2. The molecule has 2 aliphatic heterocycles. The minimum absolute atomic E-state index is 0.00714. The van der Waals surface area contributed by atoms with Crippen LogP contribution in [0.4, 0.5) is 0 Å². The monoisotopic (exact) mass is 506 g/mol. The number of hydrogen-bond donors (Lipinski definition) is 1. The Bertz CT molecular complexity index is 1370. The van der Waals surface area contributed by atoms with Gasteiger partial charge in [-0.15, -0.1) is 0 Å². The molecule has 4 heterocycles. The Morgan fingerprint density at radius 2 is 1.89 bits per heavy atom. The molecule has 0 radical (unpaired) electrons. The summed E-state index contributed by atoms with van der Waals surface area (Å²) in [6, 6.07) is 9.82. The van der Waals surface area contributed by atoms with Gasteiger partial charge in [0.25, 0.3) is 11.7 Å². The van der Waals surface area contributed by atoms with Crippen LogP contribution in [0.1, 0.15) is 23.0 Å². The zero-order valence-electron chi connectivity index (χ0n) is 21.1. The molecule has 5 rings (SSSR count). The zero-order valence-corrected chi connectivity index (χ0v) is 21.1. The van der Waals surface area contributed by atoms with E-state index in [1.807, 2.05) is 18.2 Å². The lowest BCUT2D eigenvalue weighted by atomic mass is 9.95. The first kappa shape index (κ1) is 24.8. The number of benzene rings is 1. The van der Waals surface area contributed by atoms with E-state index in [1.165, 1.54) is 12.0 Å². The van der Waals surface area contributed by atoms with Crippen molar-refractivity contribution in [2.75, 3.05) is 53.6 Å². The number of ether oxygens (including phenoxy) is 3. The Balaban J connectivity index is 1.67. The van der Waals surface area contributed by atoms with Gasteiger partial charge in [-0.2, -0.15) is 0 Å². The SMILES string of the molecule is COc1ccc(OC)c([C@@H]2C(=C(O)c3c(C)nc4ccccn34)C(=O)C(=O)N2CCN2CCOCC2)c1. The van der Waals surface area contributed by atoms with Crippen molar-refractivity contribution in [1.82, 2.24) is 19.2 Å². The average molecular weight is 507 g/mol. The van der Waals surface area contributed by atoms with Crippen LogP contribution in [0.25, 0.3) is 11.4 Å². The number of methoxy groups -OCH3 is 2. The Hall–Kier alpha value is -3.89. The molecule has 2 fully saturated rings. The third-order valence-corrected chi connectivity index (χ3v) is 6.96. The summed E-state index contributed by atoms with van der Waals surface area (Å²) in [6.45, 7) is 5.36. The van der Waals surface area contributed by atoms with Crippen molar-refractivity contribution >= 4 is 23.1 Å². The molecule has 2 aromatic heterocycles. The number of pyridine rings is 1. The number of nitrogens with zero attached hydrogens (tertiary/aromatic N) is 4. The normalized spacial score (nSPS) is 20.1. The van der Waals surface area contributed by atoms with Gasteiger partial charge in [-0.25, -0.2) is 4.98 Å². The lowest BCUT2D eigenvalue weighted by Gasteiger charge is -2.31. The number of aliphatic hydroxyl groups is 1. The van der Waals surface area contributed by atoms with Crippen LogP contribution in [0.3, 0.4) is 0 Å². The highest BCUT2D eigenvalue weighted by molar-refractivity contribution is 6.46. The van der Waals surface area contributed by atoms with E-state index < -0.39 is 17.7 Å². The highest BCUT2D eigenvalue weighted by Crippen LogP contribution is 2.44. The first-order valence-corrected chi connectivity index (χ1v) is 12.2. The maximum Gasteiger partial charge on any atom is 0.295 e. The third kappa shape index (κ3) is 4.42. The lowest BCUT2D eigenvalue weighted by molar-refractivity contribution is -0.140. The Labute approximate surface area is 214 Å². The van der Waals surface area contributed by atoms with Crippen molar-refractivity contribution in [1.29, 1.82) is 0 Å². The van der Waals surface area contributed by atoms with E-state index in [2.05, 4.69) is 9.88 Å². The van der Waals surface area contributed by atoms with Crippen LogP contribution in [0.15, 0.2) is 48.2 Å². The van der Waals surface area contributed by atoms with Gasteiger partial charge in [-0.1, -0.05) is 6.07 Å². The first-order chi connectivity index (χ1) is 17.9. The number of morpholine rings is 1. The molecule has 1 amide bonds. The molecule has 37 heavy (non-hydrogen) atoms. The fourth-order valence-electron chi connectivity index (χ4n) is 5.09. The molecule has 1 atom stereocenters. The number of ketones is 1. The molecule has 0 bridgehead atoms. The predicted molar refractivity (Wildman–Crippen MR) is 136 cm³/mol. The Kier molecular flexibility index (Phi) is 6.86. The van der Waals surface area contributed by atoms with Gasteiger partial charge < -0.3 is 24.2 Å². The van der Waals surface area contributed by atoms with Gasteiger partial charge in [0, 0.05) is 37.9 Å². The summed E-state index contributed by atoms with van der Waals surface area (Å²) in [5, 5.41) is 11.7. The summed E-state index contributed by atoms with van der Waals surface area (Å²) < 4.78 is 18.2. The number of rotatable bonds is 7. The standard InChI is InChI=1S/C27H30N4O6/c1-17-23(30-9-5-4-6-21(30)28-17)25(32)22-24(19-16-18(35-2)7-8-20(19)36-3)31(27(34)26(22)33)11-10-29-12-14-37-15-13-29/h4-9,16,24,32H,10-15H2,1-3H3/t24-/m1/s1. The number of carbonyl (C=O) groups excluding carboxylic acids is 2.